The average molecular weight is 445 g/mol. The Labute approximate surface area is 171 Å². The molecule has 1 rings (SSSR count). The molecule has 0 saturated carbocycles. The Bertz CT molecular complexity index is 412. The highest BCUT2D eigenvalue weighted by Gasteiger charge is 2.42. The molecule has 1 aliphatic rings. The molecule has 0 aromatic carbocycles. The number of hydrogen-bond donors (Lipinski definition) is 0. The average Bonchev–Trinajstić information content (AvgIpc) is 3.04. The summed E-state index contributed by atoms with van der Waals surface area (Å²) in [4.78, 5) is 0. The largest absolute Gasteiger partial charge is 0.353 e. The Morgan fingerprint density at radius 2 is 1.28 bits per heavy atom. The van der Waals surface area contributed by atoms with Gasteiger partial charge in [-0.05, 0) is 24.3 Å². The van der Waals surface area contributed by atoms with Crippen molar-refractivity contribution in [1.82, 2.24) is 0 Å². The van der Waals surface area contributed by atoms with Gasteiger partial charge in [-0.2, -0.15) is 0 Å². The molecule has 25 heavy (non-hydrogen) atoms. The normalized spacial score (nSPS) is 16.2. The van der Waals surface area contributed by atoms with E-state index in [2.05, 4.69) is 13.8 Å². The van der Waals surface area contributed by atoms with Crippen LogP contribution in [-0.2, 0) is 13.6 Å². The van der Waals surface area contributed by atoms with Gasteiger partial charge in [0.25, 0.3) is 0 Å². The van der Waals surface area contributed by atoms with Crippen molar-refractivity contribution in [2.75, 3.05) is 25.7 Å². The van der Waals surface area contributed by atoms with E-state index < -0.39 is 7.60 Å². The first-order valence-electron chi connectivity index (χ1n) is 9.15. The molecule has 0 aromatic rings. The SMILES string of the molecule is CCCCCCSC1=C(SCCCCCC)SC(P(=O)(OC)OC)S1. The van der Waals surface area contributed by atoms with Gasteiger partial charge in [-0.15, -0.1) is 23.5 Å². The van der Waals surface area contributed by atoms with E-state index in [1.807, 2.05) is 23.5 Å². The fraction of sp³-hybridized carbons (Fsp3) is 0.882. The van der Waals surface area contributed by atoms with Crippen LogP contribution in [0.3, 0.4) is 0 Å². The first-order chi connectivity index (χ1) is 12.1. The van der Waals surface area contributed by atoms with E-state index in [-0.39, 0.29) is 4.32 Å². The van der Waals surface area contributed by atoms with Crippen LogP contribution >= 0.6 is 54.6 Å². The van der Waals surface area contributed by atoms with Gasteiger partial charge in [-0.1, -0.05) is 75.9 Å². The molecule has 0 bridgehead atoms. The lowest BCUT2D eigenvalue weighted by atomic mass is 10.2. The highest BCUT2D eigenvalue weighted by molar-refractivity contribution is 8.40. The highest BCUT2D eigenvalue weighted by atomic mass is 32.3. The van der Waals surface area contributed by atoms with Crippen LogP contribution in [0.5, 0.6) is 0 Å². The van der Waals surface area contributed by atoms with Crippen LogP contribution in [0.1, 0.15) is 65.2 Å². The second-order valence-electron chi connectivity index (χ2n) is 5.84. The van der Waals surface area contributed by atoms with E-state index in [9.17, 15) is 4.57 Å². The van der Waals surface area contributed by atoms with Crippen molar-refractivity contribution >= 4 is 54.6 Å². The van der Waals surface area contributed by atoms with Crippen LogP contribution in [0.4, 0.5) is 0 Å². The van der Waals surface area contributed by atoms with Crippen molar-refractivity contribution in [1.29, 1.82) is 0 Å². The summed E-state index contributed by atoms with van der Waals surface area (Å²) in [7, 11) is -0.0754. The topological polar surface area (TPSA) is 35.5 Å². The van der Waals surface area contributed by atoms with Gasteiger partial charge in [-0.25, -0.2) is 0 Å². The molecule has 1 aliphatic heterocycles. The quantitative estimate of drug-likeness (QED) is 0.187. The van der Waals surface area contributed by atoms with Gasteiger partial charge in [0.15, 0.2) is 4.32 Å². The molecule has 0 aliphatic carbocycles. The molecule has 0 spiro atoms. The van der Waals surface area contributed by atoms with Crippen molar-refractivity contribution in [3.05, 3.63) is 8.47 Å². The van der Waals surface area contributed by atoms with Gasteiger partial charge in [0.2, 0.25) is 0 Å². The van der Waals surface area contributed by atoms with Crippen molar-refractivity contribution in [2.24, 2.45) is 0 Å². The van der Waals surface area contributed by atoms with Crippen LogP contribution in [0.2, 0.25) is 0 Å². The van der Waals surface area contributed by atoms with Gasteiger partial charge in [-0.3, -0.25) is 4.57 Å². The van der Waals surface area contributed by atoms with Crippen LogP contribution in [0.25, 0.3) is 0 Å². The monoisotopic (exact) mass is 444 g/mol. The molecular weight excluding hydrogens is 411 g/mol. The molecule has 0 aromatic heterocycles. The zero-order valence-corrected chi connectivity index (χ0v) is 20.1. The fourth-order valence-electron chi connectivity index (χ4n) is 2.25. The molecular formula is C17H33O3PS4. The smallest absolute Gasteiger partial charge is 0.311 e. The second-order valence-corrected chi connectivity index (χ2v) is 14.1. The van der Waals surface area contributed by atoms with E-state index in [0.717, 1.165) is 11.5 Å². The summed E-state index contributed by atoms with van der Waals surface area (Å²) in [6.07, 6.45) is 10.3. The predicted octanol–water partition coefficient (Wildman–Crippen LogP) is 7.99. The minimum absolute atomic E-state index is 0.168. The molecule has 0 radical (unpaired) electrons. The van der Waals surface area contributed by atoms with E-state index in [1.54, 1.807) is 23.5 Å². The number of unbranched alkanes of at least 4 members (excludes halogenated alkanes) is 6. The summed E-state index contributed by atoms with van der Waals surface area (Å²) in [5.74, 6) is 2.28. The summed E-state index contributed by atoms with van der Waals surface area (Å²) in [5, 5.41) is 0. The summed E-state index contributed by atoms with van der Waals surface area (Å²) >= 11 is 7.20. The molecule has 1 heterocycles. The standard InChI is InChI=1S/C17H33O3PS4/c1-5-7-9-11-13-22-15-16(23-14-12-10-8-6-2)25-17(24-15)21(18,19-3)20-4/h17H,5-14H2,1-4H3. The Morgan fingerprint density at radius 1 is 0.840 bits per heavy atom. The lowest BCUT2D eigenvalue weighted by molar-refractivity contribution is 0.279. The summed E-state index contributed by atoms with van der Waals surface area (Å²) in [5.41, 5.74) is 0. The Morgan fingerprint density at radius 3 is 1.64 bits per heavy atom. The third-order valence-corrected chi connectivity index (χ3v) is 13.1. The van der Waals surface area contributed by atoms with Crippen LogP contribution in [-0.4, -0.2) is 30.0 Å². The molecule has 148 valence electrons. The lowest BCUT2D eigenvalue weighted by Gasteiger charge is -2.19. The molecule has 0 amide bonds. The third kappa shape index (κ3) is 8.89. The predicted molar refractivity (Wildman–Crippen MR) is 121 cm³/mol. The number of rotatable bonds is 15. The Kier molecular flexibility index (Phi) is 13.9. The fourth-order valence-corrected chi connectivity index (χ4v) is 11.8. The van der Waals surface area contributed by atoms with Crippen molar-refractivity contribution in [3.63, 3.8) is 0 Å². The van der Waals surface area contributed by atoms with Gasteiger partial charge in [0.1, 0.15) is 0 Å². The van der Waals surface area contributed by atoms with Crippen molar-refractivity contribution < 1.29 is 13.6 Å². The maximum atomic E-state index is 12.7. The van der Waals surface area contributed by atoms with E-state index >= 15 is 0 Å². The molecule has 0 N–H and O–H groups in total. The zero-order valence-electron chi connectivity index (χ0n) is 16.0. The van der Waals surface area contributed by atoms with E-state index in [4.69, 9.17) is 9.05 Å². The molecule has 0 unspecified atom stereocenters. The number of hydrogen-bond acceptors (Lipinski definition) is 7. The van der Waals surface area contributed by atoms with Crippen LogP contribution in [0.15, 0.2) is 8.47 Å². The summed E-state index contributed by atoms with van der Waals surface area (Å²) in [6.45, 7) is 4.48. The highest BCUT2D eigenvalue weighted by Crippen LogP contribution is 2.69. The van der Waals surface area contributed by atoms with E-state index in [1.165, 1.54) is 74.1 Å². The van der Waals surface area contributed by atoms with Gasteiger partial charge >= 0.3 is 7.60 Å². The van der Waals surface area contributed by atoms with Crippen LogP contribution in [0, 0.1) is 0 Å². The minimum atomic E-state index is -3.05. The maximum Gasteiger partial charge on any atom is 0.353 e. The number of thioether (sulfide) groups is 4. The van der Waals surface area contributed by atoms with Gasteiger partial charge in [0, 0.05) is 14.2 Å². The maximum absolute atomic E-state index is 12.7. The van der Waals surface area contributed by atoms with Crippen molar-refractivity contribution in [3.8, 4) is 0 Å². The second kappa shape index (κ2) is 14.3. The van der Waals surface area contributed by atoms with Gasteiger partial charge < -0.3 is 9.05 Å². The lowest BCUT2D eigenvalue weighted by Crippen LogP contribution is -1.99. The third-order valence-electron chi connectivity index (χ3n) is 3.81. The van der Waals surface area contributed by atoms with Gasteiger partial charge in [0.05, 0.1) is 8.47 Å². The molecule has 0 saturated heterocycles. The zero-order chi connectivity index (χ0) is 18.5. The summed E-state index contributed by atoms with van der Waals surface area (Å²) in [6, 6.07) is 0. The summed E-state index contributed by atoms with van der Waals surface area (Å²) < 4.78 is 25.7. The first kappa shape index (κ1) is 24.3. The molecule has 3 nitrogen and oxygen atoms in total. The first-order valence-corrected chi connectivity index (χ1v) is 14.5. The minimum Gasteiger partial charge on any atom is -0.311 e. The molecule has 0 fully saturated rings. The van der Waals surface area contributed by atoms with Crippen molar-refractivity contribution in [2.45, 2.75) is 69.5 Å². The Hall–Kier alpha value is 1.29. The van der Waals surface area contributed by atoms with Crippen LogP contribution < -0.4 is 0 Å². The molecule has 0 atom stereocenters. The molecule has 8 heteroatoms. The Balaban J connectivity index is 2.57. The van der Waals surface area contributed by atoms with E-state index in [0.29, 0.717) is 0 Å².